The van der Waals surface area contributed by atoms with Crippen LogP contribution in [0.2, 0.25) is 0 Å². The zero-order valence-electron chi connectivity index (χ0n) is 10.6. The molecule has 0 saturated heterocycles. The van der Waals surface area contributed by atoms with E-state index in [1.165, 1.54) is 12.1 Å². The van der Waals surface area contributed by atoms with Crippen molar-refractivity contribution in [3.8, 4) is 0 Å². The zero-order valence-corrected chi connectivity index (χ0v) is 10.6. The van der Waals surface area contributed by atoms with E-state index >= 15 is 0 Å². The summed E-state index contributed by atoms with van der Waals surface area (Å²) >= 11 is 0. The monoisotopic (exact) mass is 239 g/mol. The van der Waals surface area contributed by atoms with Crippen molar-refractivity contribution in [1.82, 2.24) is 5.32 Å². The molecule has 3 heteroatoms. The summed E-state index contributed by atoms with van der Waals surface area (Å²) in [6.07, 6.45) is 2.81. The normalized spacial score (nSPS) is 13.8. The molecule has 0 spiro atoms. The third-order valence-corrected chi connectivity index (χ3v) is 2.73. The number of hydrogen-bond acceptors (Lipinski definition) is 1. The molecule has 17 heavy (non-hydrogen) atoms. The van der Waals surface area contributed by atoms with Crippen LogP contribution in [0.1, 0.15) is 32.8 Å². The van der Waals surface area contributed by atoms with E-state index in [4.69, 9.17) is 0 Å². The number of hydrogen-bond donors (Lipinski definition) is 1. The minimum atomic E-state index is -0.547. The Bertz CT molecular complexity index is 399. The van der Waals surface area contributed by atoms with Gasteiger partial charge in [0.25, 0.3) is 0 Å². The lowest BCUT2D eigenvalue weighted by Gasteiger charge is -2.14. The predicted octanol–water partition coefficient (Wildman–Crippen LogP) is 3.76. The summed E-state index contributed by atoms with van der Waals surface area (Å²) in [5, 5.41) is 3.32. The van der Waals surface area contributed by atoms with Gasteiger partial charge in [0.05, 0.1) is 0 Å². The van der Waals surface area contributed by atoms with E-state index < -0.39 is 11.6 Å². The molecule has 0 aromatic heterocycles. The highest BCUT2D eigenvalue weighted by Gasteiger charge is 2.05. The molecule has 0 aliphatic rings. The molecule has 0 aliphatic carbocycles. The van der Waals surface area contributed by atoms with Crippen molar-refractivity contribution < 1.29 is 8.78 Å². The van der Waals surface area contributed by atoms with Crippen LogP contribution in [-0.4, -0.2) is 12.6 Å². The fourth-order valence-electron chi connectivity index (χ4n) is 1.51. The van der Waals surface area contributed by atoms with Gasteiger partial charge in [-0.3, -0.25) is 0 Å². The fourth-order valence-corrected chi connectivity index (χ4v) is 1.51. The molecule has 1 atom stereocenters. The van der Waals surface area contributed by atoms with E-state index in [0.717, 1.165) is 24.6 Å². The Labute approximate surface area is 102 Å². The first-order chi connectivity index (χ1) is 8.04. The van der Waals surface area contributed by atoms with Gasteiger partial charge in [0, 0.05) is 17.7 Å². The Morgan fingerprint density at radius 3 is 2.71 bits per heavy atom. The standard InChI is InChI=1S/C14H19F2N/c1-4-7-17-11(3)10(2)8-12-5-6-13(15)9-14(12)16/h5-6,8-9,11,17H,4,7H2,1-3H3/b10-8+. The molecule has 0 fully saturated rings. The maximum absolute atomic E-state index is 13.4. The number of benzene rings is 1. The third-order valence-electron chi connectivity index (χ3n) is 2.73. The van der Waals surface area contributed by atoms with Crippen LogP contribution in [0.15, 0.2) is 23.8 Å². The quantitative estimate of drug-likeness (QED) is 0.825. The summed E-state index contributed by atoms with van der Waals surface area (Å²) in [5.74, 6) is -1.07. The van der Waals surface area contributed by atoms with Crippen molar-refractivity contribution in [2.45, 2.75) is 33.2 Å². The minimum Gasteiger partial charge on any atom is -0.311 e. The van der Waals surface area contributed by atoms with E-state index in [1.54, 1.807) is 6.08 Å². The first-order valence-electron chi connectivity index (χ1n) is 5.91. The number of nitrogens with one attached hydrogen (secondary N) is 1. The molecule has 0 aliphatic heterocycles. The molecule has 0 saturated carbocycles. The summed E-state index contributed by atoms with van der Waals surface area (Å²) in [5.41, 5.74) is 1.46. The van der Waals surface area contributed by atoms with Crippen LogP contribution in [0.25, 0.3) is 6.08 Å². The molecular weight excluding hydrogens is 220 g/mol. The van der Waals surface area contributed by atoms with Crippen molar-refractivity contribution in [3.05, 3.63) is 41.0 Å². The third kappa shape index (κ3) is 4.27. The van der Waals surface area contributed by atoms with Crippen LogP contribution in [-0.2, 0) is 0 Å². The molecular formula is C14H19F2N. The van der Waals surface area contributed by atoms with Gasteiger partial charge in [-0.25, -0.2) is 8.78 Å². The summed E-state index contributed by atoms with van der Waals surface area (Å²) in [7, 11) is 0. The van der Waals surface area contributed by atoms with E-state index in [9.17, 15) is 8.78 Å². The Morgan fingerprint density at radius 1 is 1.41 bits per heavy atom. The highest BCUT2D eigenvalue weighted by atomic mass is 19.1. The van der Waals surface area contributed by atoms with E-state index in [0.29, 0.717) is 5.56 Å². The van der Waals surface area contributed by atoms with Crippen molar-refractivity contribution in [3.63, 3.8) is 0 Å². The number of rotatable bonds is 5. The highest BCUT2D eigenvalue weighted by molar-refractivity contribution is 5.54. The fraction of sp³-hybridized carbons (Fsp3) is 0.429. The second-order valence-electron chi connectivity index (χ2n) is 4.23. The van der Waals surface area contributed by atoms with Gasteiger partial charge in [0.1, 0.15) is 11.6 Å². The van der Waals surface area contributed by atoms with Crippen molar-refractivity contribution in [1.29, 1.82) is 0 Å². The Hall–Kier alpha value is -1.22. The van der Waals surface area contributed by atoms with Gasteiger partial charge in [-0.1, -0.05) is 18.6 Å². The smallest absolute Gasteiger partial charge is 0.133 e. The Balaban J connectivity index is 2.79. The average Bonchev–Trinajstić information content (AvgIpc) is 2.29. The molecule has 1 aromatic rings. The van der Waals surface area contributed by atoms with Gasteiger partial charge in [-0.05, 0) is 38.9 Å². The Morgan fingerprint density at radius 2 is 2.12 bits per heavy atom. The molecule has 94 valence electrons. The first kappa shape index (κ1) is 13.8. The van der Waals surface area contributed by atoms with Gasteiger partial charge in [0.2, 0.25) is 0 Å². The van der Waals surface area contributed by atoms with Gasteiger partial charge in [0.15, 0.2) is 0 Å². The summed E-state index contributed by atoms with van der Waals surface area (Å²) in [6.45, 7) is 7.00. The van der Waals surface area contributed by atoms with E-state index in [2.05, 4.69) is 12.2 Å². The van der Waals surface area contributed by atoms with Crippen LogP contribution in [0, 0.1) is 11.6 Å². The maximum atomic E-state index is 13.4. The van der Waals surface area contributed by atoms with Crippen molar-refractivity contribution in [2.75, 3.05) is 6.54 Å². The lowest BCUT2D eigenvalue weighted by atomic mass is 10.1. The van der Waals surface area contributed by atoms with Crippen LogP contribution >= 0.6 is 0 Å². The van der Waals surface area contributed by atoms with E-state index in [1.807, 2.05) is 13.8 Å². The van der Waals surface area contributed by atoms with Crippen LogP contribution < -0.4 is 5.32 Å². The average molecular weight is 239 g/mol. The molecule has 0 heterocycles. The van der Waals surface area contributed by atoms with Gasteiger partial charge in [-0.2, -0.15) is 0 Å². The summed E-state index contributed by atoms with van der Waals surface area (Å²) < 4.78 is 26.2. The lowest BCUT2D eigenvalue weighted by Crippen LogP contribution is -2.27. The molecule has 0 radical (unpaired) electrons. The zero-order chi connectivity index (χ0) is 12.8. The molecule has 1 rings (SSSR count). The topological polar surface area (TPSA) is 12.0 Å². The SMILES string of the molecule is CCCNC(C)/C(C)=C/c1ccc(F)cc1F. The second kappa shape index (κ2) is 6.50. The summed E-state index contributed by atoms with van der Waals surface area (Å²) in [6, 6.07) is 3.83. The second-order valence-corrected chi connectivity index (χ2v) is 4.23. The highest BCUT2D eigenvalue weighted by Crippen LogP contribution is 2.14. The molecule has 1 unspecified atom stereocenters. The van der Waals surface area contributed by atoms with Gasteiger partial charge in [-0.15, -0.1) is 0 Å². The van der Waals surface area contributed by atoms with Gasteiger partial charge < -0.3 is 5.32 Å². The van der Waals surface area contributed by atoms with Crippen molar-refractivity contribution >= 4 is 6.08 Å². The molecule has 1 nitrogen and oxygen atoms in total. The van der Waals surface area contributed by atoms with Crippen LogP contribution in [0.3, 0.4) is 0 Å². The number of halogens is 2. The first-order valence-corrected chi connectivity index (χ1v) is 5.91. The molecule has 1 N–H and O–H groups in total. The lowest BCUT2D eigenvalue weighted by molar-refractivity contribution is 0.580. The van der Waals surface area contributed by atoms with Gasteiger partial charge >= 0.3 is 0 Å². The molecule has 0 bridgehead atoms. The largest absolute Gasteiger partial charge is 0.311 e. The Kier molecular flexibility index (Phi) is 5.29. The van der Waals surface area contributed by atoms with Crippen LogP contribution in [0.4, 0.5) is 8.78 Å². The predicted molar refractivity (Wildman–Crippen MR) is 67.8 cm³/mol. The maximum Gasteiger partial charge on any atom is 0.133 e. The summed E-state index contributed by atoms with van der Waals surface area (Å²) in [4.78, 5) is 0. The van der Waals surface area contributed by atoms with Crippen molar-refractivity contribution in [2.24, 2.45) is 0 Å². The molecule has 1 aromatic carbocycles. The van der Waals surface area contributed by atoms with Crippen LogP contribution in [0.5, 0.6) is 0 Å². The van der Waals surface area contributed by atoms with E-state index in [-0.39, 0.29) is 6.04 Å². The molecule has 0 amide bonds. The minimum absolute atomic E-state index is 0.194.